The molecule has 0 saturated carbocycles. The molecular weight excluding hydrogens is 272 g/mol. The predicted octanol–water partition coefficient (Wildman–Crippen LogP) is 3.15. The van der Waals surface area contributed by atoms with E-state index >= 15 is 0 Å². The SMILES string of the molecule is CC12C3=CC=C4C=C(CO)C=C(C=CC1=CC(CO)=C3)C42C. The van der Waals surface area contributed by atoms with Crippen LogP contribution < -0.4 is 0 Å². The summed E-state index contributed by atoms with van der Waals surface area (Å²) in [5.74, 6) is 0. The van der Waals surface area contributed by atoms with Gasteiger partial charge in [0.1, 0.15) is 0 Å². The Morgan fingerprint density at radius 2 is 1.09 bits per heavy atom. The first-order chi connectivity index (χ1) is 10.5. The van der Waals surface area contributed by atoms with Crippen molar-refractivity contribution < 1.29 is 10.2 Å². The Hall–Kier alpha value is -1.90. The summed E-state index contributed by atoms with van der Waals surface area (Å²) >= 11 is 0. The maximum absolute atomic E-state index is 9.53. The summed E-state index contributed by atoms with van der Waals surface area (Å²) in [4.78, 5) is 0. The number of allylic oxidation sites excluding steroid dienone is 10. The van der Waals surface area contributed by atoms with Crippen LogP contribution in [0.25, 0.3) is 0 Å². The second-order valence-electron chi connectivity index (χ2n) is 6.78. The normalized spacial score (nSPS) is 34.7. The monoisotopic (exact) mass is 292 g/mol. The third-order valence-corrected chi connectivity index (χ3v) is 5.92. The summed E-state index contributed by atoms with van der Waals surface area (Å²) in [6.07, 6.45) is 17.1. The smallest absolute Gasteiger partial charge is 0.0682 e. The molecule has 2 unspecified atom stereocenters. The van der Waals surface area contributed by atoms with Gasteiger partial charge >= 0.3 is 0 Å². The van der Waals surface area contributed by atoms with Gasteiger partial charge in [0.2, 0.25) is 0 Å². The van der Waals surface area contributed by atoms with Gasteiger partial charge in [0.15, 0.2) is 0 Å². The first-order valence-corrected chi connectivity index (χ1v) is 7.72. The molecule has 0 saturated heterocycles. The summed E-state index contributed by atoms with van der Waals surface area (Å²) in [6.45, 7) is 4.71. The molecule has 0 spiro atoms. The number of hydrogen-bond acceptors (Lipinski definition) is 2. The van der Waals surface area contributed by atoms with E-state index in [0.29, 0.717) is 0 Å². The van der Waals surface area contributed by atoms with E-state index in [1.165, 1.54) is 22.3 Å². The third-order valence-electron chi connectivity index (χ3n) is 5.92. The number of hydrogen-bond donors (Lipinski definition) is 2. The van der Waals surface area contributed by atoms with Crippen LogP contribution in [0.1, 0.15) is 13.8 Å². The molecule has 4 aliphatic rings. The minimum atomic E-state index is -0.131. The minimum Gasteiger partial charge on any atom is -0.392 e. The summed E-state index contributed by atoms with van der Waals surface area (Å²) in [6, 6.07) is 0. The summed E-state index contributed by atoms with van der Waals surface area (Å²) in [5, 5.41) is 19.1. The van der Waals surface area contributed by atoms with Gasteiger partial charge in [0.25, 0.3) is 0 Å². The average molecular weight is 292 g/mol. The van der Waals surface area contributed by atoms with E-state index in [9.17, 15) is 10.2 Å². The predicted molar refractivity (Wildman–Crippen MR) is 88.0 cm³/mol. The van der Waals surface area contributed by atoms with Crippen LogP contribution in [0.4, 0.5) is 0 Å². The van der Waals surface area contributed by atoms with Gasteiger partial charge in [-0.05, 0) is 33.4 Å². The van der Waals surface area contributed by atoms with Gasteiger partial charge < -0.3 is 10.2 Å². The lowest BCUT2D eigenvalue weighted by Gasteiger charge is -2.56. The van der Waals surface area contributed by atoms with Crippen molar-refractivity contribution in [3.05, 3.63) is 82.0 Å². The molecule has 22 heavy (non-hydrogen) atoms. The Labute approximate surface area is 130 Å². The lowest BCUT2D eigenvalue weighted by molar-refractivity contribution is 0.244. The highest BCUT2D eigenvalue weighted by Gasteiger charge is 2.55. The van der Waals surface area contributed by atoms with Crippen molar-refractivity contribution in [2.24, 2.45) is 10.8 Å². The topological polar surface area (TPSA) is 40.5 Å². The van der Waals surface area contributed by atoms with Crippen LogP contribution in [0.2, 0.25) is 0 Å². The van der Waals surface area contributed by atoms with Gasteiger partial charge in [-0.2, -0.15) is 0 Å². The maximum atomic E-state index is 9.53. The molecule has 0 radical (unpaired) electrons. The second-order valence-corrected chi connectivity index (χ2v) is 6.78. The van der Waals surface area contributed by atoms with Crippen molar-refractivity contribution in [2.45, 2.75) is 13.8 Å². The molecule has 0 aromatic rings. The highest BCUT2D eigenvalue weighted by Crippen LogP contribution is 2.65. The van der Waals surface area contributed by atoms with E-state index in [1.54, 1.807) is 0 Å². The van der Waals surface area contributed by atoms with Crippen molar-refractivity contribution in [3.8, 4) is 0 Å². The second kappa shape index (κ2) is 4.31. The average Bonchev–Trinajstić information content (AvgIpc) is 2.52. The molecule has 0 fully saturated rings. The standard InChI is InChI=1S/C20H20O2/c1-19-15-3-5-17-9-14(12-22)10-18(20(17,19)2)6-4-16(19)8-13(7-15)11-21/h3-10,21-22H,11-12H2,1-2H3. The molecule has 2 nitrogen and oxygen atoms in total. The lowest BCUT2D eigenvalue weighted by Crippen LogP contribution is -2.47. The van der Waals surface area contributed by atoms with Crippen molar-refractivity contribution in [2.75, 3.05) is 13.2 Å². The van der Waals surface area contributed by atoms with Crippen molar-refractivity contribution >= 4 is 0 Å². The van der Waals surface area contributed by atoms with Crippen LogP contribution in [-0.4, -0.2) is 23.4 Å². The Bertz CT molecular complexity index is 717. The highest BCUT2D eigenvalue weighted by atomic mass is 16.3. The molecule has 0 aliphatic heterocycles. The van der Waals surface area contributed by atoms with Crippen molar-refractivity contribution in [1.29, 1.82) is 0 Å². The Morgan fingerprint density at radius 3 is 1.45 bits per heavy atom. The molecule has 2 atom stereocenters. The first-order valence-electron chi connectivity index (χ1n) is 7.72. The van der Waals surface area contributed by atoms with Crippen LogP contribution in [-0.2, 0) is 0 Å². The fourth-order valence-corrected chi connectivity index (χ4v) is 4.35. The summed E-state index contributed by atoms with van der Waals surface area (Å²) in [7, 11) is 0. The fraction of sp³-hybridized carbons (Fsp3) is 0.300. The summed E-state index contributed by atoms with van der Waals surface area (Å²) in [5.41, 5.74) is 6.64. The largest absolute Gasteiger partial charge is 0.392 e. The van der Waals surface area contributed by atoms with Gasteiger partial charge in [-0.1, -0.05) is 62.5 Å². The number of aliphatic hydroxyl groups is 2. The molecule has 0 bridgehead atoms. The fourth-order valence-electron chi connectivity index (χ4n) is 4.35. The molecular formula is C20H20O2. The molecule has 0 aromatic carbocycles. The van der Waals surface area contributed by atoms with Crippen LogP contribution >= 0.6 is 0 Å². The van der Waals surface area contributed by atoms with Gasteiger partial charge in [-0.25, -0.2) is 0 Å². The van der Waals surface area contributed by atoms with E-state index in [-0.39, 0.29) is 24.0 Å². The molecule has 0 aromatic heterocycles. The Kier molecular flexibility index (Phi) is 2.69. The van der Waals surface area contributed by atoms with Gasteiger partial charge in [0, 0.05) is 10.8 Å². The van der Waals surface area contributed by atoms with E-state index in [4.69, 9.17) is 0 Å². The van der Waals surface area contributed by atoms with Crippen LogP contribution in [0.5, 0.6) is 0 Å². The quantitative estimate of drug-likeness (QED) is 0.821. The molecule has 0 amide bonds. The Balaban J connectivity index is 2.04. The zero-order valence-electron chi connectivity index (χ0n) is 12.9. The Morgan fingerprint density at radius 1 is 0.682 bits per heavy atom. The van der Waals surface area contributed by atoms with Crippen LogP contribution in [0, 0.1) is 10.8 Å². The van der Waals surface area contributed by atoms with Gasteiger partial charge in [-0.3, -0.25) is 0 Å². The van der Waals surface area contributed by atoms with Crippen molar-refractivity contribution in [1.82, 2.24) is 0 Å². The maximum Gasteiger partial charge on any atom is 0.0682 e. The third kappa shape index (κ3) is 1.42. The van der Waals surface area contributed by atoms with E-state index < -0.39 is 0 Å². The van der Waals surface area contributed by atoms with Crippen molar-refractivity contribution in [3.63, 3.8) is 0 Å². The molecule has 2 N–H and O–H groups in total. The first kappa shape index (κ1) is 13.7. The molecule has 112 valence electrons. The minimum absolute atomic E-state index is 0.0648. The van der Waals surface area contributed by atoms with Crippen LogP contribution in [0.15, 0.2) is 82.0 Å². The number of rotatable bonds is 2. The summed E-state index contributed by atoms with van der Waals surface area (Å²) < 4.78 is 0. The van der Waals surface area contributed by atoms with Gasteiger partial charge in [-0.15, -0.1) is 0 Å². The molecule has 2 heteroatoms. The molecule has 0 heterocycles. The zero-order valence-corrected chi connectivity index (χ0v) is 12.9. The van der Waals surface area contributed by atoms with E-state index in [0.717, 1.165) is 11.1 Å². The van der Waals surface area contributed by atoms with E-state index in [2.05, 4.69) is 62.5 Å². The number of aliphatic hydroxyl groups excluding tert-OH is 2. The van der Waals surface area contributed by atoms with Gasteiger partial charge in [0.05, 0.1) is 13.2 Å². The lowest BCUT2D eigenvalue weighted by atomic mass is 9.46. The molecule has 4 aliphatic carbocycles. The van der Waals surface area contributed by atoms with Crippen LogP contribution in [0.3, 0.4) is 0 Å². The highest BCUT2D eigenvalue weighted by molar-refractivity contribution is 5.68. The zero-order chi connectivity index (χ0) is 15.5. The molecule has 4 rings (SSSR count). The van der Waals surface area contributed by atoms with E-state index in [1.807, 2.05) is 0 Å².